The molecule has 1 aromatic heterocycles. The third-order valence-electron chi connectivity index (χ3n) is 4.11. The van der Waals surface area contributed by atoms with E-state index in [2.05, 4.69) is 10.3 Å². The second-order valence-electron chi connectivity index (χ2n) is 7.44. The third kappa shape index (κ3) is 6.66. The van der Waals surface area contributed by atoms with Gasteiger partial charge in [0, 0.05) is 25.0 Å². The summed E-state index contributed by atoms with van der Waals surface area (Å²) in [5.74, 6) is -1.03. The SMILES string of the molecule is CN[C@H](C(=O)OCOC(=O)/C=C/c1ccc(Cn2ccnc2)cc1)C(C)(C)C. The van der Waals surface area contributed by atoms with Gasteiger partial charge in [-0.2, -0.15) is 0 Å². The fraction of sp³-hybridized carbons (Fsp3) is 0.381. The van der Waals surface area contributed by atoms with Crippen molar-refractivity contribution in [2.24, 2.45) is 5.41 Å². The second-order valence-corrected chi connectivity index (χ2v) is 7.44. The maximum atomic E-state index is 12.0. The zero-order valence-corrected chi connectivity index (χ0v) is 16.7. The van der Waals surface area contributed by atoms with E-state index in [0.717, 1.165) is 17.7 Å². The Morgan fingerprint density at radius 1 is 1.21 bits per heavy atom. The smallest absolute Gasteiger partial charge is 0.333 e. The molecule has 0 saturated carbocycles. The number of nitrogens with zero attached hydrogens (tertiary/aromatic N) is 2. The van der Waals surface area contributed by atoms with Crippen LogP contribution in [0.4, 0.5) is 0 Å². The summed E-state index contributed by atoms with van der Waals surface area (Å²) in [7, 11) is 1.69. The van der Waals surface area contributed by atoms with Gasteiger partial charge in [0.15, 0.2) is 0 Å². The van der Waals surface area contributed by atoms with Crippen molar-refractivity contribution in [2.75, 3.05) is 13.8 Å². The topological polar surface area (TPSA) is 82.5 Å². The summed E-state index contributed by atoms with van der Waals surface area (Å²) in [6.07, 6.45) is 8.35. The molecule has 0 fully saturated rings. The molecule has 150 valence electrons. The van der Waals surface area contributed by atoms with Crippen LogP contribution in [0.25, 0.3) is 6.08 Å². The molecule has 0 saturated heterocycles. The average Bonchev–Trinajstić information content (AvgIpc) is 3.13. The van der Waals surface area contributed by atoms with E-state index in [1.807, 2.05) is 55.8 Å². The Kier molecular flexibility index (Phi) is 7.52. The number of imidazole rings is 1. The van der Waals surface area contributed by atoms with Crippen LogP contribution in [0.1, 0.15) is 31.9 Å². The predicted molar refractivity (Wildman–Crippen MR) is 106 cm³/mol. The van der Waals surface area contributed by atoms with Gasteiger partial charge in [-0.25, -0.2) is 9.78 Å². The summed E-state index contributed by atoms with van der Waals surface area (Å²) < 4.78 is 11.9. The first-order valence-electron chi connectivity index (χ1n) is 9.03. The van der Waals surface area contributed by atoms with Gasteiger partial charge in [-0.05, 0) is 29.7 Å². The van der Waals surface area contributed by atoms with Gasteiger partial charge in [-0.15, -0.1) is 0 Å². The molecule has 0 unspecified atom stereocenters. The molecule has 7 heteroatoms. The number of nitrogens with one attached hydrogen (secondary N) is 1. The molecule has 2 rings (SSSR count). The van der Waals surface area contributed by atoms with Gasteiger partial charge < -0.3 is 19.4 Å². The van der Waals surface area contributed by atoms with Gasteiger partial charge in [0.05, 0.1) is 6.33 Å². The maximum absolute atomic E-state index is 12.0. The van der Waals surface area contributed by atoms with Gasteiger partial charge in [0.2, 0.25) is 6.79 Å². The Balaban J connectivity index is 1.78. The first kappa shape index (κ1) is 21.4. The molecule has 1 atom stereocenters. The second kappa shape index (κ2) is 9.85. The highest BCUT2D eigenvalue weighted by atomic mass is 16.7. The van der Waals surface area contributed by atoms with Crippen molar-refractivity contribution in [3.05, 3.63) is 60.2 Å². The van der Waals surface area contributed by atoms with E-state index >= 15 is 0 Å². The fourth-order valence-corrected chi connectivity index (χ4v) is 2.67. The summed E-state index contributed by atoms with van der Waals surface area (Å²) in [5, 5.41) is 2.91. The number of ether oxygens (including phenoxy) is 2. The number of aromatic nitrogens is 2. The molecule has 7 nitrogen and oxygen atoms in total. The lowest BCUT2D eigenvalue weighted by atomic mass is 9.87. The van der Waals surface area contributed by atoms with Crippen LogP contribution in [-0.4, -0.2) is 41.4 Å². The zero-order chi connectivity index (χ0) is 20.6. The van der Waals surface area contributed by atoms with E-state index in [9.17, 15) is 9.59 Å². The van der Waals surface area contributed by atoms with Crippen LogP contribution in [-0.2, 0) is 25.6 Å². The van der Waals surface area contributed by atoms with Gasteiger partial charge in [-0.3, -0.25) is 4.79 Å². The van der Waals surface area contributed by atoms with E-state index in [0.29, 0.717) is 0 Å². The molecule has 1 heterocycles. The summed E-state index contributed by atoms with van der Waals surface area (Å²) in [4.78, 5) is 27.8. The molecule has 0 amide bonds. The van der Waals surface area contributed by atoms with Gasteiger partial charge in [0.25, 0.3) is 0 Å². The minimum atomic E-state index is -0.577. The molecule has 1 N–H and O–H groups in total. The standard InChI is InChI=1S/C21H27N3O4/c1-21(2,3)19(22-4)20(26)28-15-27-18(25)10-9-16-5-7-17(8-6-16)13-24-12-11-23-14-24/h5-12,14,19,22H,13,15H2,1-4H3/b10-9+/t19-/m1/s1. The molecule has 0 radical (unpaired) electrons. The fourth-order valence-electron chi connectivity index (χ4n) is 2.67. The Morgan fingerprint density at radius 2 is 1.93 bits per heavy atom. The van der Waals surface area contributed by atoms with Crippen molar-refractivity contribution in [3.63, 3.8) is 0 Å². The van der Waals surface area contributed by atoms with Crippen LogP contribution < -0.4 is 5.32 Å². The number of benzene rings is 1. The van der Waals surface area contributed by atoms with Gasteiger partial charge in [0.1, 0.15) is 6.04 Å². The van der Waals surface area contributed by atoms with Crippen LogP contribution in [0.15, 0.2) is 49.1 Å². The van der Waals surface area contributed by atoms with Gasteiger partial charge >= 0.3 is 11.9 Å². The lowest BCUT2D eigenvalue weighted by molar-refractivity contribution is -0.167. The van der Waals surface area contributed by atoms with Crippen LogP contribution in [0.2, 0.25) is 0 Å². The summed E-state index contributed by atoms with van der Waals surface area (Å²) in [5.41, 5.74) is 1.69. The Bertz CT molecular complexity index is 790. The molecule has 1 aromatic carbocycles. The number of carbonyl (C=O) groups is 2. The molecular weight excluding hydrogens is 358 g/mol. The number of carbonyl (C=O) groups excluding carboxylic acids is 2. The maximum Gasteiger partial charge on any atom is 0.333 e. The van der Waals surface area contributed by atoms with Crippen molar-refractivity contribution in [3.8, 4) is 0 Å². The molecular formula is C21H27N3O4. The van der Waals surface area contributed by atoms with Crippen LogP contribution in [0.3, 0.4) is 0 Å². The largest absolute Gasteiger partial charge is 0.427 e. The lowest BCUT2D eigenvalue weighted by Crippen LogP contribution is -2.45. The lowest BCUT2D eigenvalue weighted by Gasteiger charge is -2.27. The zero-order valence-electron chi connectivity index (χ0n) is 16.7. The normalized spacial score (nSPS) is 12.7. The average molecular weight is 385 g/mol. The van der Waals surface area contributed by atoms with Crippen molar-refractivity contribution < 1.29 is 19.1 Å². The van der Waals surface area contributed by atoms with Crippen molar-refractivity contribution in [1.29, 1.82) is 0 Å². The van der Waals surface area contributed by atoms with Crippen molar-refractivity contribution in [1.82, 2.24) is 14.9 Å². The highest BCUT2D eigenvalue weighted by Crippen LogP contribution is 2.19. The first-order valence-corrected chi connectivity index (χ1v) is 9.03. The van der Waals surface area contributed by atoms with Gasteiger partial charge in [-0.1, -0.05) is 45.0 Å². The minimum Gasteiger partial charge on any atom is -0.427 e. The Morgan fingerprint density at radius 3 is 2.50 bits per heavy atom. The number of hydrogen-bond donors (Lipinski definition) is 1. The van der Waals surface area contributed by atoms with Crippen LogP contribution >= 0.6 is 0 Å². The van der Waals surface area contributed by atoms with Crippen molar-refractivity contribution >= 4 is 18.0 Å². The summed E-state index contributed by atoms with van der Waals surface area (Å²) in [6, 6.07) is 7.31. The molecule has 0 aliphatic heterocycles. The molecule has 0 aliphatic rings. The highest BCUT2D eigenvalue weighted by molar-refractivity contribution is 5.87. The first-order chi connectivity index (χ1) is 13.3. The highest BCUT2D eigenvalue weighted by Gasteiger charge is 2.31. The number of hydrogen-bond acceptors (Lipinski definition) is 6. The number of rotatable bonds is 8. The monoisotopic (exact) mass is 385 g/mol. The van der Waals surface area contributed by atoms with E-state index in [4.69, 9.17) is 9.47 Å². The predicted octanol–water partition coefficient (Wildman–Crippen LogP) is 2.62. The molecule has 2 aromatic rings. The van der Waals surface area contributed by atoms with Crippen LogP contribution in [0.5, 0.6) is 0 Å². The van der Waals surface area contributed by atoms with Crippen molar-refractivity contribution in [2.45, 2.75) is 33.4 Å². The summed E-state index contributed by atoms with van der Waals surface area (Å²) >= 11 is 0. The van der Waals surface area contributed by atoms with E-state index < -0.39 is 24.8 Å². The quantitative estimate of drug-likeness (QED) is 0.427. The number of esters is 2. The Hall–Kier alpha value is -2.93. The Labute approximate surface area is 165 Å². The molecule has 0 spiro atoms. The third-order valence-corrected chi connectivity index (χ3v) is 4.11. The minimum absolute atomic E-state index is 0.306. The molecule has 28 heavy (non-hydrogen) atoms. The molecule has 0 bridgehead atoms. The number of likely N-dealkylation sites (N-methyl/N-ethyl adjacent to an activating group) is 1. The summed E-state index contributed by atoms with van der Waals surface area (Å²) in [6.45, 7) is 6.08. The van der Waals surface area contributed by atoms with Crippen LogP contribution in [0, 0.1) is 5.41 Å². The van der Waals surface area contributed by atoms with E-state index in [-0.39, 0.29) is 5.41 Å². The molecule has 0 aliphatic carbocycles. The van der Waals surface area contributed by atoms with E-state index in [1.54, 1.807) is 25.6 Å². The van der Waals surface area contributed by atoms with E-state index in [1.165, 1.54) is 6.08 Å².